The van der Waals surface area contributed by atoms with Gasteiger partial charge in [0.2, 0.25) is 0 Å². The third-order valence-corrected chi connectivity index (χ3v) is 6.63. The van der Waals surface area contributed by atoms with Crippen molar-refractivity contribution in [2.75, 3.05) is 0 Å². The number of carbonyl (C=O) groups excluding carboxylic acids is 1. The second-order valence-corrected chi connectivity index (χ2v) is 9.17. The van der Waals surface area contributed by atoms with Crippen LogP contribution in [0, 0.1) is 5.82 Å². The van der Waals surface area contributed by atoms with Gasteiger partial charge >= 0.3 is 0 Å². The number of hydrogen-bond donors (Lipinski definition) is 0. The normalized spacial score (nSPS) is 13.8. The first kappa shape index (κ1) is 20.4. The third kappa shape index (κ3) is 4.29. The number of fused-ring (bicyclic) bond motifs is 1. The van der Waals surface area contributed by atoms with Crippen molar-refractivity contribution >= 4 is 39.0 Å². The first-order valence-corrected chi connectivity index (χ1v) is 11.3. The molecule has 8 heteroatoms. The number of rotatable bonds is 7. The van der Waals surface area contributed by atoms with E-state index in [1.165, 1.54) is 24.5 Å². The lowest BCUT2D eigenvalue weighted by atomic mass is 10.0. The number of nitrogens with zero attached hydrogens (tertiary/aromatic N) is 4. The molecule has 1 aliphatic rings. The number of carbonyl (C=O) groups is 1. The van der Waals surface area contributed by atoms with Crippen molar-refractivity contribution in [1.82, 2.24) is 19.2 Å². The SMILES string of the molecule is O=C(CCc1c(Br)ccc(Cl)c1F)c1cnn(Cc2cn3cc(C4CC4)ccc3n2)c1. The zero-order chi connectivity index (χ0) is 21.5. The van der Waals surface area contributed by atoms with E-state index >= 15 is 0 Å². The number of hydrogen-bond acceptors (Lipinski definition) is 3. The summed E-state index contributed by atoms with van der Waals surface area (Å²) < 4.78 is 18.6. The molecule has 0 atom stereocenters. The molecule has 5 nitrogen and oxygen atoms in total. The number of imidazole rings is 1. The van der Waals surface area contributed by atoms with E-state index in [2.05, 4.69) is 42.7 Å². The Morgan fingerprint density at radius 1 is 1.19 bits per heavy atom. The van der Waals surface area contributed by atoms with Crippen LogP contribution in [0.5, 0.6) is 0 Å². The monoisotopic (exact) mass is 500 g/mol. The van der Waals surface area contributed by atoms with Crippen molar-refractivity contribution in [3.63, 3.8) is 0 Å². The highest BCUT2D eigenvalue weighted by Crippen LogP contribution is 2.39. The van der Waals surface area contributed by atoms with E-state index in [4.69, 9.17) is 11.6 Å². The fourth-order valence-electron chi connectivity index (χ4n) is 3.74. The highest BCUT2D eigenvalue weighted by Gasteiger charge is 2.23. The summed E-state index contributed by atoms with van der Waals surface area (Å²) in [6.45, 7) is 0.474. The van der Waals surface area contributed by atoms with E-state index in [0.29, 0.717) is 28.1 Å². The molecule has 0 amide bonds. The van der Waals surface area contributed by atoms with Gasteiger partial charge in [0, 0.05) is 35.0 Å². The van der Waals surface area contributed by atoms with Gasteiger partial charge < -0.3 is 4.40 Å². The van der Waals surface area contributed by atoms with Crippen LogP contribution in [0.3, 0.4) is 0 Å². The first-order valence-electron chi connectivity index (χ1n) is 10.1. The molecule has 1 aliphatic carbocycles. The minimum absolute atomic E-state index is 0.0511. The molecule has 0 radical (unpaired) electrons. The van der Waals surface area contributed by atoms with Crippen molar-refractivity contribution in [3.8, 4) is 0 Å². The third-order valence-electron chi connectivity index (χ3n) is 5.59. The van der Waals surface area contributed by atoms with Crippen LogP contribution in [-0.2, 0) is 13.0 Å². The minimum atomic E-state index is -0.490. The Balaban J connectivity index is 1.26. The van der Waals surface area contributed by atoms with Crippen LogP contribution in [0.15, 0.2) is 53.5 Å². The highest BCUT2D eigenvalue weighted by molar-refractivity contribution is 9.10. The van der Waals surface area contributed by atoms with Gasteiger partial charge in [-0.15, -0.1) is 0 Å². The summed E-state index contributed by atoms with van der Waals surface area (Å²) >= 11 is 9.18. The minimum Gasteiger partial charge on any atom is -0.306 e. The molecule has 31 heavy (non-hydrogen) atoms. The van der Waals surface area contributed by atoms with Crippen molar-refractivity contribution in [2.24, 2.45) is 0 Å². The van der Waals surface area contributed by atoms with Gasteiger partial charge in [-0.2, -0.15) is 5.10 Å². The van der Waals surface area contributed by atoms with Gasteiger partial charge in [0.1, 0.15) is 11.5 Å². The van der Waals surface area contributed by atoms with Gasteiger partial charge in [-0.1, -0.05) is 33.6 Å². The van der Waals surface area contributed by atoms with Gasteiger partial charge in [-0.25, -0.2) is 9.37 Å². The van der Waals surface area contributed by atoms with Crippen LogP contribution in [0.4, 0.5) is 4.39 Å². The Hall–Kier alpha value is -2.51. The lowest BCUT2D eigenvalue weighted by molar-refractivity contribution is 0.0982. The molecule has 0 spiro atoms. The van der Waals surface area contributed by atoms with Gasteiger partial charge in [0.15, 0.2) is 5.78 Å². The van der Waals surface area contributed by atoms with Crippen molar-refractivity contribution in [2.45, 2.75) is 38.1 Å². The molecule has 158 valence electrons. The van der Waals surface area contributed by atoms with Crippen LogP contribution in [0.2, 0.25) is 5.02 Å². The summed E-state index contributed by atoms with van der Waals surface area (Å²) in [5.74, 6) is 0.105. The second kappa shape index (κ2) is 8.20. The molecular formula is C23H19BrClFN4O. The second-order valence-electron chi connectivity index (χ2n) is 7.91. The number of ketones is 1. The predicted molar refractivity (Wildman–Crippen MR) is 120 cm³/mol. The van der Waals surface area contributed by atoms with E-state index in [1.807, 2.05) is 12.3 Å². The van der Waals surface area contributed by atoms with E-state index < -0.39 is 5.82 Å². The molecule has 0 bridgehead atoms. The first-order chi connectivity index (χ1) is 15.0. The summed E-state index contributed by atoms with van der Waals surface area (Å²) in [7, 11) is 0. The molecule has 0 N–H and O–H groups in total. The number of halogens is 3. The number of benzene rings is 1. The van der Waals surface area contributed by atoms with E-state index in [1.54, 1.807) is 23.1 Å². The molecule has 0 unspecified atom stereocenters. The van der Waals surface area contributed by atoms with Gasteiger partial charge in [0.25, 0.3) is 0 Å². The van der Waals surface area contributed by atoms with Gasteiger partial charge in [0.05, 0.1) is 29.0 Å². The van der Waals surface area contributed by atoms with Crippen LogP contribution in [0.1, 0.15) is 52.4 Å². The quantitative estimate of drug-likeness (QED) is 0.237. The lowest BCUT2D eigenvalue weighted by Crippen LogP contribution is -2.03. The smallest absolute Gasteiger partial charge is 0.166 e. The maximum atomic E-state index is 14.2. The number of Topliss-reactive ketones (excluding diaryl/α,β-unsaturated/α-hetero) is 1. The maximum Gasteiger partial charge on any atom is 0.166 e. The van der Waals surface area contributed by atoms with Crippen LogP contribution in [0.25, 0.3) is 5.65 Å². The summed E-state index contributed by atoms with van der Waals surface area (Å²) in [6, 6.07) is 7.37. The van der Waals surface area contributed by atoms with E-state index in [9.17, 15) is 9.18 Å². The maximum absolute atomic E-state index is 14.2. The Bertz CT molecular complexity index is 1290. The Kier molecular flexibility index (Phi) is 5.40. The van der Waals surface area contributed by atoms with Crippen LogP contribution >= 0.6 is 27.5 Å². The van der Waals surface area contributed by atoms with Crippen LogP contribution in [-0.4, -0.2) is 24.9 Å². The Morgan fingerprint density at radius 3 is 2.84 bits per heavy atom. The fourth-order valence-corrected chi connectivity index (χ4v) is 4.42. The highest BCUT2D eigenvalue weighted by atomic mass is 79.9. The summed E-state index contributed by atoms with van der Waals surface area (Å²) in [5.41, 5.74) is 4.03. The van der Waals surface area contributed by atoms with E-state index in [0.717, 1.165) is 11.3 Å². The fraction of sp³-hybridized carbons (Fsp3) is 0.261. The van der Waals surface area contributed by atoms with Crippen molar-refractivity contribution in [3.05, 3.63) is 86.7 Å². The van der Waals surface area contributed by atoms with Gasteiger partial charge in [-0.3, -0.25) is 9.48 Å². The van der Waals surface area contributed by atoms with Crippen molar-refractivity contribution < 1.29 is 9.18 Å². The number of pyridine rings is 1. The topological polar surface area (TPSA) is 52.2 Å². The van der Waals surface area contributed by atoms with Gasteiger partial charge in [-0.05, 0) is 48.9 Å². The molecular weight excluding hydrogens is 483 g/mol. The molecule has 1 aromatic carbocycles. The van der Waals surface area contributed by atoms with E-state index in [-0.39, 0.29) is 23.6 Å². The molecule has 5 rings (SSSR count). The Morgan fingerprint density at radius 2 is 2.03 bits per heavy atom. The molecule has 0 aliphatic heterocycles. The van der Waals surface area contributed by atoms with Crippen molar-refractivity contribution in [1.29, 1.82) is 0 Å². The van der Waals surface area contributed by atoms with Crippen LogP contribution < -0.4 is 0 Å². The lowest BCUT2D eigenvalue weighted by Gasteiger charge is -2.06. The largest absolute Gasteiger partial charge is 0.306 e. The zero-order valence-electron chi connectivity index (χ0n) is 16.6. The average molecular weight is 502 g/mol. The molecule has 1 fully saturated rings. The average Bonchev–Trinajstić information content (AvgIpc) is 3.37. The zero-order valence-corrected chi connectivity index (χ0v) is 18.9. The molecule has 1 saturated carbocycles. The number of aromatic nitrogens is 4. The Labute approximate surface area is 192 Å². The summed E-state index contributed by atoms with van der Waals surface area (Å²) in [6.07, 6.45) is 10.4. The standard InChI is InChI=1S/C23H19BrClFN4O/c24-19-5-6-20(25)23(26)18(19)4-7-21(31)16-9-27-30(11-16)13-17-12-29-10-15(14-1-2-14)3-8-22(29)28-17/h3,5-6,8-12,14H,1-2,4,7,13H2. The summed E-state index contributed by atoms with van der Waals surface area (Å²) in [5, 5.41) is 4.36. The molecule has 3 aromatic heterocycles. The molecule has 3 heterocycles. The predicted octanol–water partition coefficient (Wildman–Crippen LogP) is 5.83. The molecule has 0 saturated heterocycles. The summed E-state index contributed by atoms with van der Waals surface area (Å²) in [4.78, 5) is 17.2. The molecule has 4 aromatic rings.